The molecular formula is C18H26N4OS. The Morgan fingerprint density at radius 1 is 1.21 bits per heavy atom. The highest BCUT2D eigenvalue weighted by atomic mass is 32.1. The Bertz CT molecular complexity index is 622. The number of aromatic nitrogens is 2. The quantitative estimate of drug-likeness (QED) is 0.827. The molecule has 1 N–H and O–H groups in total. The zero-order valence-electron chi connectivity index (χ0n) is 14.5. The molecule has 5 nitrogen and oxygen atoms in total. The predicted molar refractivity (Wildman–Crippen MR) is 98.9 cm³/mol. The van der Waals surface area contributed by atoms with Crippen molar-refractivity contribution < 1.29 is 4.74 Å². The number of piperidine rings is 1. The molecule has 1 aliphatic heterocycles. The zero-order valence-corrected chi connectivity index (χ0v) is 15.3. The molecule has 0 radical (unpaired) electrons. The highest BCUT2D eigenvalue weighted by Gasteiger charge is 2.22. The number of likely N-dealkylation sites (tertiary alicyclic amines) is 1. The van der Waals surface area contributed by atoms with Gasteiger partial charge in [0.2, 0.25) is 5.13 Å². The Hall–Kier alpha value is -1.66. The van der Waals surface area contributed by atoms with E-state index in [1.54, 1.807) is 7.11 Å². The van der Waals surface area contributed by atoms with E-state index in [4.69, 9.17) is 4.74 Å². The SMILES string of the molecule is CCc1nsc(NCC(c2ccc(OC)cc2)N2CCCCC2)n1. The lowest BCUT2D eigenvalue weighted by Crippen LogP contribution is -2.37. The molecular weight excluding hydrogens is 320 g/mol. The van der Waals surface area contributed by atoms with Gasteiger partial charge in [0.05, 0.1) is 13.2 Å². The second-order valence-corrected chi connectivity index (χ2v) is 6.89. The maximum atomic E-state index is 5.29. The summed E-state index contributed by atoms with van der Waals surface area (Å²) in [4.78, 5) is 7.11. The van der Waals surface area contributed by atoms with E-state index in [0.29, 0.717) is 6.04 Å². The Balaban J connectivity index is 1.72. The van der Waals surface area contributed by atoms with Crippen molar-refractivity contribution in [2.45, 2.75) is 38.6 Å². The van der Waals surface area contributed by atoms with Gasteiger partial charge in [-0.2, -0.15) is 4.37 Å². The van der Waals surface area contributed by atoms with Crippen molar-refractivity contribution in [3.8, 4) is 5.75 Å². The van der Waals surface area contributed by atoms with Gasteiger partial charge >= 0.3 is 0 Å². The van der Waals surface area contributed by atoms with Gasteiger partial charge in [-0.25, -0.2) is 4.98 Å². The summed E-state index contributed by atoms with van der Waals surface area (Å²) in [5, 5.41) is 4.41. The predicted octanol–water partition coefficient (Wildman–Crippen LogP) is 3.75. The van der Waals surface area contributed by atoms with Crippen LogP contribution in [0.4, 0.5) is 5.13 Å². The van der Waals surface area contributed by atoms with Gasteiger partial charge < -0.3 is 10.1 Å². The number of aryl methyl sites for hydroxylation is 1. The van der Waals surface area contributed by atoms with Crippen molar-refractivity contribution >= 4 is 16.7 Å². The molecule has 130 valence electrons. The summed E-state index contributed by atoms with van der Waals surface area (Å²) in [5.74, 6) is 1.82. The molecule has 1 aromatic carbocycles. The van der Waals surface area contributed by atoms with Gasteiger partial charge in [-0.15, -0.1) is 0 Å². The summed E-state index contributed by atoms with van der Waals surface area (Å²) in [6.45, 7) is 5.26. The number of nitrogens with one attached hydrogen (secondary N) is 1. The number of benzene rings is 1. The first-order valence-electron chi connectivity index (χ1n) is 8.74. The summed E-state index contributed by atoms with van der Waals surface area (Å²) in [5.41, 5.74) is 1.32. The van der Waals surface area contributed by atoms with Gasteiger partial charge in [0.15, 0.2) is 0 Å². The van der Waals surface area contributed by atoms with Gasteiger partial charge in [0.25, 0.3) is 0 Å². The Morgan fingerprint density at radius 3 is 2.58 bits per heavy atom. The van der Waals surface area contributed by atoms with Crippen LogP contribution in [0, 0.1) is 0 Å². The van der Waals surface area contributed by atoms with Crippen LogP contribution in [0.15, 0.2) is 24.3 Å². The molecule has 0 spiro atoms. The van der Waals surface area contributed by atoms with E-state index in [-0.39, 0.29) is 0 Å². The van der Waals surface area contributed by atoms with E-state index in [0.717, 1.165) is 42.8 Å². The summed E-state index contributed by atoms with van der Waals surface area (Å²) in [6.07, 6.45) is 4.79. The molecule has 0 aliphatic carbocycles. The molecule has 1 fully saturated rings. The van der Waals surface area contributed by atoms with Crippen molar-refractivity contribution in [3.63, 3.8) is 0 Å². The molecule has 0 saturated carbocycles. The monoisotopic (exact) mass is 346 g/mol. The second kappa shape index (κ2) is 8.44. The fourth-order valence-corrected chi connectivity index (χ4v) is 3.82. The smallest absolute Gasteiger partial charge is 0.202 e. The second-order valence-electron chi connectivity index (χ2n) is 6.14. The topological polar surface area (TPSA) is 50.3 Å². The van der Waals surface area contributed by atoms with E-state index in [9.17, 15) is 0 Å². The van der Waals surface area contributed by atoms with Gasteiger partial charge in [0, 0.05) is 24.5 Å². The van der Waals surface area contributed by atoms with E-state index in [1.807, 2.05) is 12.1 Å². The van der Waals surface area contributed by atoms with Crippen LogP contribution in [-0.4, -0.2) is 41.0 Å². The highest BCUT2D eigenvalue weighted by molar-refractivity contribution is 7.09. The molecule has 3 rings (SSSR count). The van der Waals surface area contributed by atoms with Gasteiger partial charge in [-0.1, -0.05) is 25.5 Å². The number of hydrogen-bond donors (Lipinski definition) is 1. The summed E-state index contributed by atoms with van der Waals surface area (Å²) < 4.78 is 9.65. The van der Waals surface area contributed by atoms with Gasteiger partial charge in [-0.05, 0) is 43.6 Å². The molecule has 6 heteroatoms. The fourth-order valence-electron chi connectivity index (χ4n) is 3.17. The van der Waals surface area contributed by atoms with Crippen molar-refractivity contribution in [1.82, 2.24) is 14.3 Å². The molecule has 0 bridgehead atoms. The number of methoxy groups -OCH3 is 1. The number of hydrogen-bond acceptors (Lipinski definition) is 6. The van der Waals surface area contributed by atoms with Crippen LogP contribution >= 0.6 is 11.5 Å². The normalized spacial score (nSPS) is 16.8. The van der Waals surface area contributed by atoms with Crippen LogP contribution in [0.3, 0.4) is 0 Å². The summed E-state index contributed by atoms with van der Waals surface area (Å²) >= 11 is 1.45. The van der Waals surface area contributed by atoms with Crippen LogP contribution in [0.1, 0.15) is 43.6 Å². The molecule has 0 amide bonds. The first kappa shape index (κ1) is 17.2. The third-order valence-corrected chi connectivity index (χ3v) is 5.27. The van der Waals surface area contributed by atoms with Crippen molar-refractivity contribution in [2.24, 2.45) is 0 Å². The first-order chi connectivity index (χ1) is 11.8. The lowest BCUT2D eigenvalue weighted by molar-refractivity contribution is 0.170. The molecule has 1 aliphatic rings. The van der Waals surface area contributed by atoms with Crippen LogP contribution in [0.25, 0.3) is 0 Å². The van der Waals surface area contributed by atoms with Crippen LogP contribution in [0.2, 0.25) is 0 Å². The lowest BCUT2D eigenvalue weighted by Gasteiger charge is -2.35. The molecule has 24 heavy (non-hydrogen) atoms. The van der Waals surface area contributed by atoms with E-state index in [2.05, 4.69) is 38.6 Å². The van der Waals surface area contributed by atoms with Crippen LogP contribution < -0.4 is 10.1 Å². The van der Waals surface area contributed by atoms with Crippen LogP contribution in [-0.2, 0) is 6.42 Å². The average Bonchev–Trinajstić information content (AvgIpc) is 3.11. The van der Waals surface area contributed by atoms with E-state index < -0.39 is 0 Å². The largest absolute Gasteiger partial charge is 0.497 e. The Kier molecular flexibility index (Phi) is 6.04. The van der Waals surface area contributed by atoms with E-state index >= 15 is 0 Å². The number of anilines is 1. The van der Waals surface area contributed by atoms with Crippen LogP contribution in [0.5, 0.6) is 5.75 Å². The summed E-state index contributed by atoms with van der Waals surface area (Å²) in [6, 6.07) is 8.80. The number of nitrogens with zero attached hydrogens (tertiary/aromatic N) is 3. The first-order valence-corrected chi connectivity index (χ1v) is 9.52. The third kappa shape index (κ3) is 4.24. The third-order valence-electron chi connectivity index (χ3n) is 4.56. The number of rotatable bonds is 7. The van der Waals surface area contributed by atoms with Gasteiger partial charge in [-0.3, -0.25) is 4.90 Å². The van der Waals surface area contributed by atoms with Crippen molar-refractivity contribution in [2.75, 3.05) is 32.1 Å². The summed E-state index contributed by atoms with van der Waals surface area (Å²) in [7, 11) is 1.71. The minimum absolute atomic E-state index is 0.352. The molecule has 1 aromatic heterocycles. The Labute approximate surface area is 148 Å². The molecule has 1 unspecified atom stereocenters. The highest BCUT2D eigenvalue weighted by Crippen LogP contribution is 2.27. The molecule has 2 heterocycles. The molecule has 1 saturated heterocycles. The maximum Gasteiger partial charge on any atom is 0.202 e. The molecule has 1 atom stereocenters. The number of ether oxygens (including phenoxy) is 1. The molecule has 2 aromatic rings. The zero-order chi connectivity index (χ0) is 16.8. The Morgan fingerprint density at radius 2 is 1.96 bits per heavy atom. The lowest BCUT2D eigenvalue weighted by atomic mass is 10.0. The maximum absolute atomic E-state index is 5.29. The fraction of sp³-hybridized carbons (Fsp3) is 0.556. The minimum atomic E-state index is 0.352. The van der Waals surface area contributed by atoms with E-state index in [1.165, 1.54) is 36.4 Å². The van der Waals surface area contributed by atoms with Crippen molar-refractivity contribution in [3.05, 3.63) is 35.7 Å². The minimum Gasteiger partial charge on any atom is -0.497 e. The van der Waals surface area contributed by atoms with Crippen molar-refractivity contribution in [1.29, 1.82) is 0 Å². The average molecular weight is 347 g/mol. The standard InChI is InChI=1S/C18H26N4OS/c1-3-17-20-18(24-21-17)19-13-16(22-11-5-4-6-12-22)14-7-9-15(23-2)10-8-14/h7-10,16H,3-6,11-13H2,1-2H3,(H,19,20,21). The van der Waals surface area contributed by atoms with Gasteiger partial charge in [0.1, 0.15) is 11.6 Å².